The van der Waals surface area contributed by atoms with Crippen LogP contribution in [0.25, 0.3) is 10.9 Å². The summed E-state index contributed by atoms with van der Waals surface area (Å²) in [6, 6.07) is 14.5. The molecule has 0 fully saturated rings. The molecule has 0 bridgehead atoms. The van der Waals surface area contributed by atoms with E-state index in [1.807, 2.05) is 30.3 Å². The molecular formula is C16H10BrClN2O. The van der Waals surface area contributed by atoms with Gasteiger partial charge in [-0.2, -0.15) is 0 Å². The third-order valence-corrected chi connectivity index (χ3v) is 4.26. The Hall–Kier alpha value is -1.91. The number of hydrogen-bond acceptors (Lipinski definition) is 2. The van der Waals surface area contributed by atoms with E-state index in [0.717, 1.165) is 16.6 Å². The van der Waals surface area contributed by atoms with Gasteiger partial charge in [0.25, 0.3) is 5.91 Å². The van der Waals surface area contributed by atoms with Crippen LogP contribution in [0, 0.1) is 0 Å². The highest BCUT2D eigenvalue weighted by Crippen LogP contribution is 2.24. The van der Waals surface area contributed by atoms with Gasteiger partial charge in [-0.3, -0.25) is 9.78 Å². The minimum absolute atomic E-state index is 0.185. The lowest BCUT2D eigenvalue weighted by molar-refractivity contribution is 0.102. The van der Waals surface area contributed by atoms with Crippen LogP contribution in [-0.4, -0.2) is 10.9 Å². The molecule has 0 radical (unpaired) electrons. The van der Waals surface area contributed by atoms with Crippen LogP contribution in [0.4, 0.5) is 5.69 Å². The molecule has 3 rings (SSSR count). The standard InChI is InChI=1S/C16H10BrClN2O/c17-13-9-11(3-5-14(13)18)16(21)20-12-4-6-15-10(8-12)2-1-7-19-15/h1-9H,(H,20,21). The molecule has 1 N–H and O–H groups in total. The molecule has 21 heavy (non-hydrogen) atoms. The van der Waals surface area contributed by atoms with E-state index in [9.17, 15) is 4.79 Å². The summed E-state index contributed by atoms with van der Waals surface area (Å²) in [5.41, 5.74) is 2.16. The van der Waals surface area contributed by atoms with Gasteiger partial charge in [-0.05, 0) is 58.4 Å². The van der Waals surface area contributed by atoms with Crippen molar-refractivity contribution in [1.82, 2.24) is 4.98 Å². The van der Waals surface area contributed by atoms with Gasteiger partial charge in [0.05, 0.1) is 10.5 Å². The maximum absolute atomic E-state index is 12.2. The second-order valence-electron chi connectivity index (χ2n) is 4.49. The summed E-state index contributed by atoms with van der Waals surface area (Å²) in [6.45, 7) is 0. The van der Waals surface area contributed by atoms with Gasteiger partial charge in [0.1, 0.15) is 0 Å². The molecule has 1 amide bonds. The summed E-state index contributed by atoms with van der Waals surface area (Å²) in [6.07, 6.45) is 1.74. The van der Waals surface area contributed by atoms with Crippen LogP contribution in [0.2, 0.25) is 5.02 Å². The Morgan fingerprint density at radius 1 is 1.14 bits per heavy atom. The number of pyridine rings is 1. The van der Waals surface area contributed by atoms with Gasteiger partial charge in [-0.25, -0.2) is 0 Å². The second kappa shape index (κ2) is 5.84. The van der Waals surface area contributed by atoms with Gasteiger partial charge in [-0.15, -0.1) is 0 Å². The Bertz CT molecular complexity index is 835. The zero-order valence-corrected chi connectivity index (χ0v) is 13.1. The maximum Gasteiger partial charge on any atom is 0.255 e. The highest BCUT2D eigenvalue weighted by molar-refractivity contribution is 9.10. The number of fused-ring (bicyclic) bond motifs is 1. The van der Waals surface area contributed by atoms with Crippen molar-refractivity contribution in [1.29, 1.82) is 0 Å². The lowest BCUT2D eigenvalue weighted by Gasteiger charge is -2.07. The normalized spacial score (nSPS) is 10.6. The van der Waals surface area contributed by atoms with Crippen LogP contribution in [0.5, 0.6) is 0 Å². The van der Waals surface area contributed by atoms with Gasteiger partial charge in [0.2, 0.25) is 0 Å². The molecule has 3 aromatic rings. The van der Waals surface area contributed by atoms with E-state index in [1.54, 1.807) is 24.4 Å². The van der Waals surface area contributed by atoms with Crippen LogP contribution >= 0.6 is 27.5 Å². The van der Waals surface area contributed by atoms with Crippen LogP contribution in [0.1, 0.15) is 10.4 Å². The highest BCUT2D eigenvalue weighted by atomic mass is 79.9. The average molecular weight is 362 g/mol. The van der Waals surface area contributed by atoms with Gasteiger partial charge in [-0.1, -0.05) is 17.7 Å². The number of anilines is 1. The summed E-state index contributed by atoms with van der Waals surface area (Å²) in [5, 5.41) is 4.42. The SMILES string of the molecule is O=C(Nc1ccc2ncccc2c1)c1ccc(Cl)c(Br)c1. The second-order valence-corrected chi connectivity index (χ2v) is 5.76. The number of rotatable bonds is 2. The predicted molar refractivity (Wildman–Crippen MR) is 88.8 cm³/mol. The maximum atomic E-state index is 12.2. The van der Waals surface area contributed by atoms with E-state index >= 15 is 0 Å². The van der Waals surface area contributed by atoms with Crippen LogP contribution in [0.3, 0.4) is 0 Å². The number of amides is 1. The minimum Gasteiger partial charge on any atom is -0.322 e. The molecule has 5 heteroatoms. The summed E-state index contributed by atoms with van der Waals surface area (Å²) >= 11 is 9.24. The fourth-order valence-electron chi connectivity index (χ4n) is 1.99. The van der Waals surface area contributed by atoms with Crippen molar-refractivity contribution in [3.8, 4) is 0 Å². The number of carbonyl (C=O) groups is 1. The number of nitrogens with one attached hydrogen (secondary N) is 1. The van der Waals surface area contributed by atoms with E-state index in [0.29, 0.717) is 15.1 Å². The van der Waals surface area contributed by atoms with Gasteiger partial charge in [0, 0.05) is 27.3 Å². The molecule has 3 nitrogen and oxygen atoms in total. The molecule has 0 aliphatic carbocycles. The molecule has 1 aromatic heterocycles. The first kappa shape index (κ1) is 14.0. The molecule has 0 aliphatic heterocycles. The van der Waals surface area contributed by atoms with Crippen molar-refractivity contribution in [3.05, 3.63) is 69.8 Å². The largest absolute Gasteiger partial charge is 0.322 e. The molecule has 0 unspecified atom stereocenters. The van der Waals surface area contributed by atoms with E-state index in [2.05, 4.69) is 26.2 Å². The zero-order chi connectivity index (χ0) is 14.8. The zero-order valence-electron chi connectivity index (χ0n) is 10.8. The van der Waals surface area contributed by atoms with E-state index in [1.165, 1.54) is 0 Å². The fourth-order valence-corrected chi connectivity index (χ4v) is 2.49. The summed E-state index contributed by atoms with van der Waals surface area (Å²) in [4.78, 5) is 16.5. The number of hydrogen-bond donors (Lipinski definition) is 1. The first-order valence-corrected chi connectivity index (χ1v) is 7.42. The van der Waals surface area contributed by atoms with Crippen molar-refractivity contribution in [2.24, 2.45) is 0 Å². The highest BCUT2D eigenvalue weighted by Gasteiger charge is 2.08. The first-order valence-electron chi connectivity index (χ1n) is 6.25. The summed E-state index contributed by atoms with van der Waals surface area (Å²) < 4.78 is 0.694. The Kier molecular flexibility index (Phi) is 3.90. The molecule has 2 aromatic carbocycles. The number of nitrogens with zero attached hydrogens (tertiary/aromatic N) is 1. The molecule has 1 heterocycles. The molecule has 0 atom stereocenters. The van der Waals surface area contributed by atoms with Crippen LogP contribution < -0.4 is 5.32 Å². The van der Waals surface area contributed by atoms with Gasteiger partial charge < -0.3 is 5.32 Å². The average Bonchev–Trinajstić information content (AvgIpc) is 2.50. The van der Waals surface area contributed by atoms with E-state index < -0.39 is 0 Å². The molecule has 0 saturated heterocycles. The molecular weight excluding hydrogens is 352 g/mol. The lowest BCUT2D eigenvalue weighted by Crippen LogP contribution is -2.11. The topological polar surface area (TPSA) is 42.0 Å². The Morgan fingerprint density at radius 2 is 2.00 bits per heavy atom. The Labute approximate surface area is 135 Å². The third kappa shape index (κ3) is 3.06. The predicted octanol–water partition coefficient (Wildman–Crippen LogP) is 4.90. The fraction of sp³-hybridized carbons (Fsp3) is 0. The quantitative estimate of drug-likeness (QED) is 0.705. The smallest absolute Gasteiger partial charge is 0.255 e. The van der Waals surface area contributed by atoms with Crippen molar-refractivity contribution in [2.75, 3.05) is 5.32 Å². The number of aromatic nitrogens is 1. The Morgan fingerprint density at radius 3 is 2.81 bits per heavy atom. The first-order chi connectivity index (χ1) is 10.1. The summed E-state index contributed by atoms with van der Waals surface area (Å²) in [5.74, 6) is -0.185. The molecule has 0 saturated carbocycles. The van der Waals surface area contributed by atoms with Crippen molar-refractivity contribution >= 4 is 50.0 Å². The van der Waals surface area contributed by atoms with Gasteiger partial charge in [0.15, 0.2) is 0 Å². The molecule has 104 valence electrons. The van der Waals surface area contributed by atoms with E-state index in [-0.39, 0.29) is 5.91 Å². The lowest BCUT2D eigenvalue weighted by atomic mass is 10.1. The number of halogens is 2. The van der Waals surface area contributed by atoms with Crippen LogP contribution in [-0.2, 0) is 0 Å². The van der Waals surface area contributed by atoms with Crippen molar-refractivity contribution in [2.45, 2.75) is 0 Å². The molecule has 0 aliphatic rings. The van der Waals surface area contributed by atoms with Crippen LogP contribution in [0.15, 0.2) is 59.2 Å². The summed E-state index contributed by atoms with van der Waals surface area (Å²) in [7, 11) is 0. The van der Waals surface area contributed by atoms with Gasteiger partial charge >= 0.3 is 0 Å². The monoisotopic (exact) mass is 360 g/mol. The van der Waals surface area contributed by atoms with E-state index in [4.69, 9.17) is 11.6 Å². The number of carbonyl (C=O) groups excluding carboxylic acids is 1. The van der Waals surface area contributed by atoms with Crippen molar-refractivity contribution < 1.29 is 4.79 Å². The molecule has 0 spiro atoms. The third-order valence-electron chi connectivity index (χ3n) is 3.04. The van der Waals surface area contributed by atoms with Crippen molar-refractivity contribution in [3.63, 3.8) is 0 Å². The Balaban J connectivity index is 1.87. The minimum atomic E-state index is -0.185. The number of benzene rings is 2.